The summed E-state index contributed by atoms with van der Waals surface area (Å²) in [6, 6.07) is 7.70. The third-order valence-corrected chi connectivity index (χ3v) is 4.97. The van der Waals surface area contributed by atoms with Gasteiger partial charge in [-0.15, -0.1) is 0 Å². The van der Waals surface area contributed by atoms with Crippen molar-refractivity contribution in [2.45, 2.75) is 46.1 Å². The van der Waals surface area contributed by atoms with Crippen LogP contribution in [-0.2, 0) is 4.79 Å². The minimum absolute atomic E-state index is 0.0804. The summed E-state index contributed by atoms with van der Waals surface area (Å²) in [7, 11) is 0. The van der Waals surface area contributed by atoms with E-state index in [9.17, 15) is 9.18 Å². The Morgan fingerprint density at radius 3 is 2.31 bits per heavy atom. The van der Waals surface area contributed by atoms with Crippen molar-refractivity contribution in [2.75, 3.05) is 31.1 Å². The Kier molecular flexibility index (Phi) is 6.05. The first-order valence-corrected chi connectivity index (χ1v) is 10.00. The smallest absolute Gasteiger partial charge is 0.266 e. The number of ether oxygens (including phenoxy) is 1. The van der Waals surface area contributed by atoms with E-state index >= 15 is 0 Å². The number of nitrogens with zero attached hydrogens (tertiary/aromatic N) is 4. The van der Waals surface area contributed by atoms with Crippen molar-refractivity contribution >= 4 is 11.7 Å². The largest absolute Gasteiger partial charge is 0.478 e. The van der Waals surface area contributed by atoms with Gasteiger partial charge in [0.25, 0.3) is 5.91 Å². The molecule has 1 aliphatic heterocycles. The molecular formula is C22H29FN4O2. The lowest BCUT2D eigenvalue weighted by Crippen LogP contribution is -2.56. The maximum Gasteiger partial charge on any atom is 0.266 e. The Balaban J connectivity index is 1.64. The molecule has 2 heterocycles. The number of amides is 1. The Morgan fingerprint density at radius 1 is 1.10 bits per heavy atom. The average molecular weight is 400 g/mol. The number of halogens is 1. The summed E-state index contributed by atoms with van der Waals surface area (Å²) in [5.74, 6) is 2.07. The first-order valence-electron chi connectivity index (χ1n) is 10.00. The predicted octanol–water partition coefficient (Wildman–Crippen LogP) is 3.55. The van der Waals surface area contributed by atoms with Gasteiger partial charge in [-0.25, -0.2) is 14.4 Å². The number of rotatable bonds is 5. The third kappa shape index (κ3) is 5.02. The van der Waals surface area contributed by atoms with Gasteiger partial charge in [0.15, 0.2) is 5.60 Å². The van der Waals surface area contributed by atoms with E-state index in [1.807, 2.05) is 17.9 Å². The molecule has 156 valence electrons. The lowest BCUT2D eigenvalue weighted by atomic mass is 10.1. The molecule has 0 N–H and O–H groups in total. The van der Waals surface area contributed by atoms with E-state index in [0.29, 0.717) is 31.9 Å². The van der Waals surface area contributed by atoms with Crippen LogP contribution < -0.4 is 9.64 Å². The van der Waals surface area contributed by atoms with Crippen LogP contribution in [0.1, 0.15) is 45.1 Å². The normalized spacial score (nSPS) is 15.0. The molecular weight excluding hydrogens is 371 g/mol. The van der Waals surface area contributed by atoms with Crippen molar-refractivity contribution in [1.29, 1.82) is 0 Å². The van der Waals surface area contributed by atoms with Crippen LogP contribution in [0.3, 0.4) is 0 Å². The maximum absolute atomic E-state index is 13.1. The van der Waals surface area contributed by atoms with Crippen LogP contribution in [0.25, 0.3) is 0 Å². The average Bonchev–Trinajstić information content (AvgIpc) is 2.68. The molecule has 1 fully saturated rings. The number of benzene rings is 1. The van der Waals surface area contributed by atoms with Crippen molar-refractivity contribution < 1.29 is 13.9 Å². The second-order valence-corrected chi connectivity index (χ2v) is 8.23. The molecule has 1 saturated heterocycles. The summed E-state index contributed by atoms with van der Waals surface area (Å²) in [4.78, 5) is 26.2. The van der Waals surface area contributed by atoms with E-state index in [4.69, 9.17) is 9.72 Å². The van der Waals surface area contributed by atoms with Gasteiger partial charge >= 0.3 is 0 Å². The zero-order chi connectivity index (χ0) is 21.2. The Labute approximate surface area is 171 Å². The quantitative estimate of drug-likeness (QED) is 0.768. The highest BCUT2D eigenvalue weighted by molar-refractivity contribution is 5.85. The summed E-state index contributed by atoms with van der Waals surface area (Å²) >= 11 is 0. The highest BCUT2D eigenvalue weighted by atomic mass is 19.1. The zero-order valence-corrected chi connectivity index (χ0v) is 17.8. The summed E-state index contributed by atoms with van der Waals surface area (Å²) in [6.45, 7) is 12.2. The van der Waals surface area contributed by atoms with Crippen molar-refractivity contribution in [2.24, 2.45) is 0 Å². The van der Waals surface area contributed by atoms with Crippen LogP contribution in [0.5, 0.6) is 5.75 Å². The number of anilines is 1. The fourth-order valence-electron chi connectivity index (χ4n) is 3.35. The maximum atomic E-state index is 13.1. The number of piperazine rings is 1. The van der Waals surface area contributed by atoms with Crippen molar-refractivity contribution in [3.05, 3.63) is 47.7 Å². The number of aromatic nitrogens is 2. The van der Waals surface area contributed by atoms with Crippen molar-refractivity contribution in [1.82, 2.24) is 14.9 Å². The van der Waals surface area contributed by atoms with Crippen molar-refractivity contribution in [3.63, 3.8) is 0 Å². The molecule has 0 bridgehead atoms. The molecule has 0 aliphatic carbocycles. The Hall–Kier alpha value is -2.70. The van der Waals surface area contributed by atoms with E-state index in [1.54, 1.807) is 13.8 Å². The summed E-state index contributed by atoms with van der Waals surface area (Å²) < 4.78 is 18.9. The number of hydrogen-bond acceptors (Lipinski definition) is 5. The third-order valence-electron chi connectivity index (χ3n) is 4.97. The van der Waals surface area contributed by atoms with Gasteiger partial charge in [-0.05, 0) is 45.0 Å². The van der Waals surface area contributed by atoms with Gasteiger partial charge in [-0.1, -0.05) is 13.8 Å². The van der Waals surface area contributed by atoms with E-state index in [2.05, 4.69) is 23.7 Å². The van der Waals surface area contributed by atoms with Gasteiger partial charge in [-0.2, -0.15) is 0 Å². The molecule has 1 amide bonds. The fourth-order valence-corrected chi connectivity index (χ4v) is 3.35. The fraction of sp³-hybridized carbons (Fsp3) is 0.500. The van der Waals surface area contributed by atoms with Gasteiger partial charge < -0.3 is 14.5 Å². The standard InChI is InChI=1S/C22H29FN4O2/c1-15(2)20-24-16(3)14-19(25-20)26-10-12-27(13-11-26)21(28)22(4,5)29-18-8-6-17(23)7-9-18/h6-9,14-15H,10-13H2,1-5H3. The number of aryl methyl sites for hydroxylation is 1. The van der Waals surface area contributed by atoms with Gasteiger partial charge in [0.1, 0.15) is 23.2 Å². The van der Waals surface area contributed by atoms with Crippen LogP contribution in [0.4, 0.5) is 10.2 Å². The van der Waals surface area contributed by atoms with Gasteiger partial charge in [0.05, 0.1) is 0 Å². The topological polar surface area (TPSA) is 58.6 Å². The summed E-state index contributed by atoms with van der Waals surface area (Å²) in [5.41, 5.74) is -0.0814. The number of carbonyl (C=O) groups is 1. The van der Waals surface area contributed by atoms with E-state index < -0.39 is 5.60 Å². The van der Waals surface area contributed by atoms with Gasteiger partial charge in [-0.3, -0.25) is 4.79 Å². The lowest BCUT2D eigenvalue weighted by molar-refractivity contribution is -0.145. The van der Waals surface area contributed by atoms with E-state index in [-0.39, 0.29) is 17.6 Å². The molecule has 1 aromatic heterocycles. The lowest BCUT2D eigenvalue weighted by Gasteiger charge is -2.39. The van der Waals surface area contributed by atoms with Gasteiger partial charge in [0, 0.05) is 43.9 Å². The Morgan fingerprint density at radius 2 is 1.72 bits per heavy atom. The molecule has 0 atom stereocenters. The first kappa shape index (κ1) is 21.0. The second-order valence-electron chi connectivity index (χ2n) is 8.23. The van der Waals surface area contributed by atoms with Crippen molar-refractivity contribution in [3.8, 4) is 5.75 Å². The van der Waals surface area contributed by atoms with Crippen LogP contribution in [-0.4, -0.2) is 52.6 Å². The molecule has 0 saturated carbocycles. The predicted molar refractivity (Wildman–Crippen MR) is 111 cm³/mol. The highest BCUT2D eigenvalue weighted by Gasteiger charge is 2.36. The Bertz CT molecular complexity index is 860. The minimum atomic E-state index is -1.03. The molecule has 0 spiro atoms. The molecule has 2 aromatic rings. The highest BCUT2D eigenvalue weighted by Crippen LogP contribution is 2.23. The molecule has 3 rings (SSSR count). The number of hydrogen-bond donors (Lipinski definition) is 0. The van der Waals surface area contributed by atoms with E-state index in [1.165, 1.54) is 24.3 Å². The molecule has 1 aromatic carbocycles. The van der Waals surface area contributed by atoms with Crippen LogP contribution in [0, 0.1) is 12.7 Å². The monoisotopic (exact) mass is 400 g/mol. The van der Waals surface area contributed by atoms with Crippen LogP contribution in [0.15, 0.2) is 30.3 Å². The van der Waals surface area contributed by atoms with E-state index in [0.717, 1.165) is 17.3 Å². The zero-order valence-electron chi connectivity index (χ0n) is 17.8. The molecule has 0 unspecified atom stereocenters. The van der Waals surface area contributed by atoms with Crippen LogP contribution in [0.2, 0.25) is 0 Å². The van der Waals surface area contributed by atoms with Crippen LogP contribution >= 0.6 is 0 Å². The molecule has 29 heavy (non-hydrogen) atoms. The molecule has 7 heteroatoms. The summed E-state index contributed by atoms with van der Waals surface area (Å²) in [5, 5.41) is 0. The molecule has 1 aliphatic rings. The first-order chi connectivity index (χ1) is 13.7. The second kappa shape index (κ2) is 8.35. The summed E-state index contributed by atoms with van der Waals surface area (Å²) in [6.07, 6.45) is 0. The number of carbonyl (C=O) groups excluding carboxylic acids is 1. The minimum Gasteiger partial charge on any atom is -0.478 e. The molecule has 6 nitrogen and oxygen atoms in total. The SMILES string of the molecule is Cc1cc(N2CCN(C(=O)C(C)(C)Oc3ccc(F)cc3)CC2)nc(C(C)C)n1. The van der Waals surface area contributed by atoms with Gasteiger partial charge in [0.2, 0.25) is 0 Å². The molecule has 0 radical (unpaired) electrons.